The maximum Gasteiger partial charge on any atom is 0.272 e. The number of nitrogens with zero attached hydrogens (tertiary/aromatic N) is 4. The zero-order valence-electron chi connectivity index (χ0n) is 14.1. The number of thiophene rings is 1. The molecule has 0 spiro atoms. The highest BCUT2D eigenvalue weighted by Gasteiger charge is 2.56. The van der Waals surface area contributed by atoms with E-state index in [4.69, 9.17) is 4.52 Å². The van der Waals surface area contributed by atoms with Gasteiger partial charge in [0.1, 0.15) is 17.5 Å². The summed E-state index contributed by atoms with van der Waals surface area (Å²) in [6.07, 6.45) is 3.28. The summed E-state index contributed by atoms with van der Waals surface area (Å²) in [7, 11) is 0. The van der Waals surface area contributed by atoms with Crippen molar-refractivity contribution in [1.29, 1.82) is 0 Å². The first kappa shape index (κ1) is 15.4. The average Bonchev–Trinajstić information content (AvgIpc) is 3.40. The van der Waals surface area contributed by atoms with Crippen molar-refractivity contribution in [1.82, 2.24) is 19.5 Å². The Labute approximate surface area is 153 Å². The molecule has 2 aliphatic heterocycles. The van der Waals surface area contributed by atoms with Crippen LogP contribution in [0.1, 0.15) is 31.4 Å². The van der Waals surface area contributed by atoms with E-state index in [1.54, 1.807) is 23.2 Å². The summed E-state index contributed by atoms with van der Waals surface area (Å²) >= 11 is 1.56. The molecule has 3 aromatic heterocycles. The van der Waals surface area contributed by atoms with Gasteiger partial charge in [0, 0.05) is 19.3 Å². The molecule has 1 unspecified atom stereocenters. The van der Waals surface area contributed by atoms with Crippen LogP contribution in [0.3, 0.4) is 0 Å². The molecular weight excluding hydrogens is 352 g/mol. The molecule has 0 saturated carbocycles. The molecule has 2 aliphatic rings. The molecule has 8 heteroatoms. The Morgan fingerprint density at radius 2 is 2.19 bits per heavy atom. The van der Waals surface area contributed by atoms with Crippen molar-refractivity contribution in [3.8, 4) is 0 Å². The summed E-state index contributed by atoms with van der Waals surface area (Å²) < 4.78 is 6.91. The van der Waals surface area contributed by atoms with Crippen molar-refractivity contribution in [2.75, 3.05) is 13.1 Å². The van der Waals surface area contributed by atoms with Crippen molar-refractivity contribution in [2.45, 2.75) is 19.1 Å². The van der Waals surface area contributed by atoms with Gasteiger partial charge in [-0.2, -0.15) is 0 Å². The van der Waals surface area contributed by atoms with E-state index in [9.17, 15) is 9.59 Å². The van der Waals surface area contributed by atoms with Gasteiger partial charge in [-0.1, -0.05) is 11.2 Å². The highest BCUT2D eigenvalue weighted by atomic mass is 32.1. The molecule has 0 aromatic carbocycles. The summed E-state index contributed by atoms with van der Waals surface area (Å²) in [4.78, 5) is 31.0. The number of carbonyl (C=O) groups is 2. The highest BCUT2D eigenvalue weighted by molar-refractivity contribution is 7.10. The van der Waals surface area contributed by atoms with Crippen LogP contribution in [-0.2, 0) is 12.2 Å². The molecule has 1 atom stereocenters. The largest absolute Gasteiger partial charge is 0.364 e. The van der Waals surface area contributed by atoms with Gasteiger partial charge in [0.05, 0.1) is 17.1 Å². The smallest absolute Gasteiger partial charge is 0.272 e. The predicted octanol–water partition coefficient (Wildman–Crippen LogP) is 2.31. The molecule has 0 radical (unpaired) electrons. The normalized spacial score (nSPS) is 21.8. The summed E-state index contributed by atoms with van der Waals surface area (Å²) in [6, 6.07) is 7.64. The minimum absolute atomic E-state index is 0.0491. The first-order valence-electron chi connectivity index (χ1n) is 8.37. The zero-order valence-corrected chi connectivity index (χ0v) is 14.9. The van der Waals surface area contributed by atoms with Gasteiger partial charge in [-0.3, -0.25) is 9.59 Å². The van der Waals surface area contributed by atoms with Crippen LogP contribution in [0.2, 0.25) is 0 Å². The molecule has 1 saturated heterocycles. The summed E-state index contributed by atoms with van der Waals surface area (Å²) in [5.41, 5.74) is 0.831. The molecule has 0 N–H and O–H groups in total. The molecule has 0 aliphatic carbocycles. The fraction of sp³-hybridized carbons (Fsp3) is 0.278. The Morgan fingerprint density at radius 3 is 2.92 bits per heavy atom. The maximum atomic E-state index is 13.3. The monoisotopic (exact) mass is 368 g/mol. The van der Waals surface area contributed by atoms with E-state index in [0.29, 0.717) is 36.6 Å². The fourth-order valence-electron chi connectivity index (χ4n) is 4.04. The van der Waals surface area contributed by atoms with Gasteiger partial charge in [0.2, 0.25) is 0 Å². The van der Waals surface area contributed by atoms with Crippen molar-refractivity contribution >= 4 is 23.2 Å². The van der Waals surface area contributed by atoms with Crippen LogP contribution in [0.25, 0.3) is 0 Å². The second-order valence-corrected chi connectivity index (χ2v) is 7.49. The van der Waals surface area contributed by atoms with Crippen LogP contribution >= 0.6 is 11.3 Å². The van der Waals surface area contributed by atoms with Crippen LogP contribution in [0.4, 0.5) is 0 Å². The predicted molar refractivity (Wildman–Crippen MR) is 93.7 cm³/mol. The van der Waals surface area contributed by atoms with Crippen LogP contribution in [0, 0.1) is 6.92 Å². The van der Waals surface area contributed by atoms with Gasteiger partial charge in [-0.05, 0) is 30.5 Å². The van der Waals surface area contributed by atoms with E-state index in [-0.39, 0.29) is 11.8 Å². The molecule has 5 heterocycles. The number of carbonyl (C=O) groups excluding carboxylic acids is 2. The number of aryl methyl sites for hydroxylation is 1. The molecule has 3 aromatic rings. The number of rotatable bonds is 2. The van der Waals surface area contributed by atoms with Gasteiger partial charge in [0.25, 0.3) is 11.8 Å². The quantitative estimate of drug-likeness (QED) is 0.696. The van der Waals surface area contributed by atoms with Crippen LogP contribution in [0.15, 0.2) is 46.6 Å². The second-order valence-electron chi connectivity index (χ2n) is 6.54. The lowest BCUT2D eigenvalue weighted by atomic mass is 10.0. The molecule has 26 heavy (non-hydrogen) atoms. The summed E-state index contributed by atoms with van der Waals surface area (Å²) in [5, 5.41) is 5.81. The van der Waals surface area contributed by atoms with Crippen LogP contribution in [0.5, 0.6) is 0 Å². The minimum Gasteiger partial charge on any atom is -0.364 e. The number of fused-ring (bicyclic) bond motifs is 2. The topological polar surface area (TPSA) is 71.6 Å². The van der Waals surface area contributed by atoms with Crippen LogP contribution < -0.4 is 0 Å². The number of hydrogen-bond acceptors (Lipinski definition) is 5. The van der Waals surface area contributed by atoms with Gasteiger partial charge in [-0.15, -0.1) is 11.3 Å². The lowest BCUT2D eigenvalue weighted by Gasteiger charge is -2.46. The highest BCUT2D eigenvalue weighted by Crippen LogP contribution is 2.45. The Bertz CT molecular complexity index is 1010. The van der Waals surface area contributed by atoms with E-state index >= 15 is 0 Å². The molecule has 7 nitrogen and oxygen atoms in total. The third kappa shape index (κ3) is 1.84. The molecule has 132 valence electrons. The Hall–Kier alpha value is -2.87. The Balaban J connectivity index is 1.69. The number of amides is 2. The van der Waals surface area contributed by atoms with Crippen LogP contribution in [-0.4, -0.2) is 44.4 Å². The fourth-order valence-corrected chi connectivity index (χ4v) is 4.98. The molecule has 5 rings (SSSR count). The van der Waals surface area contributed by atoms with Gasteiger partial charge in [0.15, 0.2) is 5.66 Å². The third-order valence-electron chi connectivity index (χ3n) is 5.27. The standard InChI is InChI=1S/C18H16N4O3S/c1-12-13(10-25-19-12)16(23)21-7-8-22-17(24)14-4-2-6-20(14)11-18(21,22)15-5-3-9-26-15/h2-6,9-10H,7-8,11H2,1H3. The Kier molecular flexibility index (Phi) is 3.14. The van der Waals surface area contributed by atoms with E-state index in [1.807, 2.05) is 45.3 Å². The van der Waals surface area contributed by atoms with Crippen molar-refractivity contribution in [3.05, 3.63) is 63.9 Å². The van der Waals surface area contributed by atoms with E-state index in [1.165, 1.54) is 6.26 Å². The lowest BCUT2D eigenvalue weighted by Crippen LogP contribution is -2.59. The minimum atomic E-state index is -0.821. The van der Waals surface area contributed by atoms with E-state index in [2.05, 4.69) is 5.16 Å². The first-order chi connectivity index (χ1) is 12.6. The average molecular weight is 368 g/mol. The number of hydrogen-bond donors (Lipinski definition) is 0. The lowest BCUT2D eigenvalue weighted by molar-refractivity contribution is -0.00401. The van der Waals surface area contributed by atoms with Crippen molar-refractivity contribution < 1.29 is 14.1 Å². The number of aromatic nitrogens is 2. The third-order valence-corrected chi connectivity index (χ3v) is 6.28. The molecular formula is C18H16N4O3S. The Morgan fingerprint density at radius 1 is 1.31 bits per heavy atom. The summed E-state index contributed by atoms with van der Waals surface area (Å²) in [6.45, 7) is 3.23. The maximum absolute atomic E-state index is 13.3. The van der Waals surface area contributed by atoms with E-state index in [0.717, 1.165) is 4.88 Å². The van der Waals surface area contributed by atoms with Gasteiger partial charge >= 0.3 is 0 Å². The molecule has 1 fully saturated rings. The second kappa shape index (κ2) is 5.31. The van der Waals surface area contributed by atoms with E-state index < -0.39 is 5.66 Å². The first-order valence-corrected chi connectivity index (χ1v) is 9.25. The molecule has 0 bridgehead atoms. The van der Waals surface area contributed by atoms with Crippen molar-refractivity contribution in [3.63, 3.8) is 0 Å². The zero-order chi connectivity index (χ0) is 17.9. The van der Waals surface area contributed by atoms with Gasteiger partial charge < -0.3 is 18.9 Å². The summed E-state index contributed by atoms with van der Waals surface area (Å²) in [5.74, 6) is -0.213. The van der Waals surface area contributed by atoms with Gasteiger partial charge in [-0.25, -0.2) is 0 Å². The van der Waals surface area contributed by atoms with Crippen molar-refractivity contribution in [2.24, 2.45) is 0 Å². The SMILES string of the molecule is Cc1nocc1C(=O)N1CCN2C(=O)c3cccn3CC12c1cccs1. The molecule has 2 amide bonds.